The summed E-state index contributed by atoms with van der Waals surface area (Å²) < 4.78 is 5.66. The maximum atomic E-state index is 12.9. The number of carboxylic acids is 1. The molecule has 0 bridgehead atoms. The van der Waals surface area contributed by atoms with Crippen molar-refractivity contribution >= 4 is 47.2 Å². The third kappa shape index (κ3) is 3.91. The predicted molar refractivity (Wildman–Crippen MR) is 114 cm³/mol. The summed E-state index contributed by atoms with van der Waals surface area (Å²) in [4.78, 5) is 49.6. The van der Waals surface area contributed by atoms with Gasteiger partial charge in [-0.3, -0.25) is 14.9 Å². The monoisotopic (exact) mass is 449 g/mol. The zero-order chi connectivity index (χ0) is 23.0. The Labute approximate surface area is 186 Å². The molecule has 4 amide bonds. The van der Waals surface area contributed by atoms with Crippen LogP contribution >= 0.6 is 11.6 Å². The quantitative estimate of drug-likeness (QED) is 0.483. The number of aryl methyl sites for hydroxylation is 1. The number of amides is 4. The first-order valence-corrected chi connectivity index (χ1v) is 9.71. The van der Waals surface area contributed by atoms with Crippen molar-refractivity contribution < 1.29 is 28.7 Å². The summed E-state index contributed by atoms with van der Waals surface area (Å²) >= 11 is 5.86. The Morgan fingerprint density at radius 1 is 1.09 bits per heavy atom. The molecule has 0 unspecified atom stereocenters. The van der Waals surface area contributed by atoms with Crippen molar-refractivity contribution in [2.75, 3.05) is 4.90 Å². The van der Waals surface area contributed by atoms with Crippen molar-refractivity contribution in [3.63, 3.8) is 0 Å². The van der Waals surface area contributed by atoms with E-state index in [1.54, 1.807) is 30.3 Å². The molecule has 1 saturated heterocycles. The Hall–Kier alpha value is -4.17. The molecule has 9 heteroatoms. The zero-order valence-corrected chi connectivity index (χ0v) is 17.3. The van der Waals surface area contributed by atoms with Crippen LogP contribution in [0.15, 0.2) is 64.6 Å². The van der Waals surface area contributed by atoms with Gasteiger partial charge in [-0.1, -0.05) is 23.7 Å². The summed E-state index contributed by atoms with van der Waals surface area (Å²) in [6.07, 6.45) is 1.21. The van der Waals surface area contributed by atoms with Crippen molar-refractivity contribution in [2.24, 2.45) is 0 Å². The smallest absolute Gasteiger partial charge is 0.335 e. The van der Waals surface area contributed by atoms with Crippen LogP contribution in [-0.4, -0.2) is 23.8 Å². The molecule has 1 aliphatic heterocycles. The molecule has 0 radical (unpaired) electrons. The number of rotatable bonds is 4. The number of anilines is 1. The van der Waals surface area contributed by atoms with Gasteiger partial charge in [0.05, 0.1) is 11.7 Å². The number of nitrogens with one attached hydrogen (secondary N) is 1. The van der Waals surface area contributed by atoms with E-state index < -0.39 is 23.8 Å². The number of carboxylic acid groups (broad SMARTS) is 1. The molecule has 0 aliphatic carbocycles. The number of aromatic carboxylic acids is 1. The van der Waals surface area contributed by atoms with Crippen LogP contribution in [0, 0.1) is 6.92 Å². The Morgan fingerprint density at radius 2 is 1.88 bits per heavy atom. The molecule has 8 nitrogen and oxygen atoms in total. The number of hydrogen-bond donors (Lipinski definition) is 1. The van der Waals surface area contributed by atoms with E-state index >= 15 is 0 Å². The van der Waals surface area contributed by atoms with E-state index in [4.69, 9.17) is 16.0 Å². The van der Waals surface area contributed by atoms with Gasteiger partial charge < -0.3 is 14.3 Å². The fourth-order valence-corrected chi connectivity index (χ4v) is 3.42. The summed E-state index contributed by atoms with van der Waals surface area (Å²) in [5.41, 5.74) is 1.07. The van der Waals surface area contributed by atoms with Crippen LogP contribution in [-0.2, 0) is 9.59 Å². The number of hydrogen-bond acceptors (Lipinski definition) is 6. The Balaban J connectivity index is 1.68. The minimum absolute atomic E-state index is 0.0213. The van der Waals surface area contributed by atoms with Crippen LogP contribution in [0.5, 0.6) is 0 Å². The number of imide groups is 2. The highest BCUT2D eigenvalue weighted by Gasteiger charge is 2.37. The lowest BCUT2D eigenvalue weighted by Crippen LogP contribution is -2.54. The molecule has 2 aromatic carbocycles. The highest BCUT2D eigenvalue weighted by atomic mass is 35.5. The lowest BCUT2D eigenvalue weighted by Gasteiger charge is -2.26. The van der Waals surface area contributed by atoms with Crippen LogP contribution in [0.25, 0.3) is 17.4 Å². The molecule has 32 heavy (non-hydrogen) atoms. The third-order valence-electron chi connectivity index (χ3n) is 4.75. The maximum Gasteiger partial charge on any atom is 0.335 e. The van der Waals surface area contributed by atoms with Crippen LogP contribution in [0.1, 0.15) is 21.7 Å². The SMILES string of the molecule is Cc1cccc(N2C(=O)NC(=O)/C(=C/c3ccc(-c4ccc(Cl)c(C(=O)[O-])c4)o3)C2=O)c1. The van der Waals surface area contributed by atoms with Gasteiger partial charge in [0.15, 0.2) is 0 Å². The first kappa shape index (κ1) is 21.1. The normalized spacial score (nSPS) is 15.2. The molecule has 1 N–H and O–H groups in total. The van der Waals surface area contributed by atoms with E-state index in [0.29, 0.717) is 11.3 Å². The van der Waals surface area contributed by atoms with Gasteiger partial charge >= 0.3 is 6.03 Å². The zero-order valence-electron chi connectivity index (χ0n) is 16.5. The van der Waals surface area contributed by atoms with Crippen molar-refractivity contribution in [3.8, 4) is 11.3 Å². The van der Waals surface area contributed by atoms with E-state index in [1.165, 1.54) is 24.3 Å². The number of urea groups is 1. The average Bonchev–Trinajstić information content (AvgIpc) is 3.20. The third-order valence-corrected chi connectivity index (χ3v) is 5.08. The molecule has 0 atom stereocenters. The highest BCUT2D eigenvalue weighted by molar-refractivity contribution is 6.39. The second-order valence-corrected chi connectivity index (χ2v) is 7.39. The molecule has 1 aliphatic rings. The molecule has 3 aromatic rings. The molecular weight excluding hydrogens is 436 g/mol. The van der Waals surface area contributed by atoms with Crippen molar-refractivity contribution in [3.05, 3.63) is 82.1 Å². The minimum Gasteiger partial charge on any atom is -0.545 e. The number of carbonyl (C=O) groups excluding carboxylic acids is 4. The van der Waals surface area contributed by atoms with Gasteiger partial charge in [0.1, 0.15) is 17.1 Å². The highest BCUT2D eigenvalue weighted by Crippen LogP contribution is 2.28. The lowest BCUT2D eigenvalue weighted by molar-refractivity contribution is -0.255. The standard InChI is InChI=1S/C23H15ClN2O6/c1-12-3-2-4-14(9-12)26-21(28)17(20(27)25-23(26)31)11-15-6-8-19(32-15)13-5-7-18(24)16(10-13)22(29)30/h2-11H,1H3,(H,29,30)(H,25,27,31)/p-1/b17-11-. The van der Waals surface area contributed by atoms with Gasteiger partial charge in [0.25, 0.3) is 11.8 Å². The number of furan rings is 1. The van der Waals surface area contributed by atoms with Crippen LogP contribution in [0.4, 0.5) is 10.5 Å². The van der Waals surface area contributed by atoms with Crippen molar-refractivity contribution in [1.82, 2.24) is 5.32 Å². The largest absolute Gasteiger partial charge is 0.545 e. The Morgan fingerprint density at radius 3 is 2.59 bits per heavy atom. The number of benzene rings is 2. The summed E-state index contributed by atoms with van der Waals surface area (Å²) in [5.74, 6) is -2.65. The van der Waals surface area contributed by atoms with Crippen molar-refractivity contribution in [1.29, 1.82) is 0 Å². The second-order valence-electron chi connectivity index (χ2n) is 6.98. The molecule has 0 saturated carbocycles. The Bertz CT molecular complexity index is 1320. The van der Waals surface area contributed by atoms with E-state index in [0.717, 1.165) is 10.5 Å². The summed E-state index contributed by atoms with van der Waals surface area (Å²) in [6, 6.07) is 13.2. The van der Waals surface area contributed by atoms with Crippen LogP contribution < -0.4 is 15.3 Å². The van der Waals surface area contributed by atoms with E-state index in [9.17, 15) is 24.3 Å². The summed E-state index contributed by atoms with van der Waals surface area (Å²) in [6.45, 7) is 1.81. The van der Waals surface area contributed by atoms with Crippen molar-refractivity contribution in [2.45, 2.75) is 6.92 Å². The first-order chi connectivity index (χ1) is 15.2. The molecule has 1 fully saturated rings. The van der Waals surface area contributed by atoms with E-state index in [1.807, 2.05) is 13.0 Å². The molecule has 160 valence electrons. The predicted octanol–water partition coefficient (Wildman–Crippen LogP) is 2.94. The number of halogens is 1. The van der Waals surface area contributed by atoms with Gasteiger partial charge in [-0.15, -0.1) is 0 Å². The van der Waals surface area contributed by atoms with Gasteiger partial charge in [0.2, 0.25) is 0 Å². The molecule has 2 heterocycles. The van der Waals surface area contributed by atoms with Gasteiger partial charge in [-0.2, -0.15) is 0 Å². The first-order valence-electron chi connectivity index (χ1n) is 9.34. The van der Waals surface area contributed by atoms with Crippen LogP contribution in [0.2, 0.25) is 5.02 Å². The van der Waals surface area contributed by atoms with E-state index in [-0.39, 0.29) is 27.7 Å². The maximum absolute atomic E-state index is 12.9. The lowest BCUT2D eigenvalue weighted by atomic mass is 10.1. The van der Waals surface area contributed by atoms with Gasteiger partial charge in [0, 0.05) is 16.1 Å². The van der Waals surface area contributed by atoms with Gasteiger partial charge in [-0.05, 0) is 61.0 Å². The number of carbonyl (C=O) groups is 4. The minimum atomic E-state index is -1.43. The molecular formula is C23H14ClN2O6-. The van der Waals surface area contributed by atoms with Crippen LogP contribution in [0.3, 0.4) is 0 Å². The molecule has 1 aromatic heterocycles. The van der Waals surface area contributed by atoms with E-state index in [2.05, 4.69) is 5.32 Å². The molecule has 4 rings (SSSR count). The fraction of sp³-hybridized carbons (Fsp3) is 0.0435. The Kier molecular flexibility index (Phi) is 5.38. The van der Waals surface area contributed by atoms with Gasteiger partial charge in [-0.25, -0.2) is 9.69 Å². The topological polar surface area (TPSA) is 120 Å². The number of barbiturate groups is 1. The molecule has 0 spiro atoms. The summed E-state index contributed by atoms with van der Waals surface area (Å²) in [7, 11) is 0. The fourth-order valence-electron chi connectivity index (χ4n) is 3.22. The number of nitrogens with zero attached hydrogens (tertiary/aromatic N) is 1. The average molecular weight is 450 g/mol. The second kappa shape index (κ2) is 8.16. The summed E-state index contributed by atoms with van der Waals surface area (Å²) in [5, 5.41) is 13.4.